The normalized spacial score (nSPS) is 10.7. The van der Waals surface area contributed by atoms with Crippen LogP contribution in [-0.4, -0.2) is 19.8 Å². The van der Waals surface area contributed by atoms with Gasteiger partial charge in [0.05, 0.1) is 13.3 Å². The van der Waals surface area contributed by atoms with Crippen LogP contribution in [0.3, 0.4) is 0 Å². The standard InChI is InChI=1S/C14H21BrFNO/c1-3-6-17-10-12-9-13(15)8-11(2)14(12)18-7-4-5-16/h8-9,17H,3-7,10H2,1-2H3. The Hall–Kier alpha value is -0.610. The number of hydrogen-bond acceptors (Lipinski definition) is 2. The zero-order valence-electron chi connectivity index (χ0n) is 11.1. The van der Waals surface area contributed by atoms with Crippen molar-refractivity contribution in [3.63, 3.8) is 0 Å². The van der Waals surface area contributed by atoms with E-state index in [9.17, 15) is 4.39 Å². The molecule has 0 amide bonds. The number of halogens is 2. The first kappa shape index (κ1) is 15.4. The molecule has 18 heavy (non-hydrogen) atoms. The molecule has 0 aromatic heterocycles. The van der Waals surface area contributed by atoms with Gasteiger partial charge in [0.25, 0.3) is 0 Å². The van der Waals surface area contributed by atoms with Crippen molar-refractivity contribution in [2.24, 2.45) is 0 Å². The fourth-order valence-corrected chi connectivity index (χ4v) is 2.39. The van der Waals surface area contributed by atoms with Crippen molar-refractivity contribution in [1.29, 1.82) is 0 Å². The highest BCUT2D eigenvalue weighted by Crippen LogP contribution is 2.28. The molecule has 0 aliphatic carbocycles. The third kappa shape index (κ3) is 4.94. The number of benzene rings is 1. The van der Waals surface area contributed by atoms with Gasteiger partial charge in [-0.2, -0.15) is 0 Å². The van der Waals surface area contributed by atoms with Crippen LogP contribution in [0.15, 0.2) is 16.6 Å². The van der Waals surface area contributed by atoms with Gasteiger partial charge in [0.1, 0.15) is 5.75 Å². The van der Waals surface area contributed by atoms with Crippen LogP contribution in [0.5, 0.6) is 5.75 Å². The SMILES string of the molecule is CCCNCc1cc(Br)cc(C)c1OCCCF. The van der Waals surface area contributed by atoms with Crippen LogP contribution in [0.4, 0.5) is 4.39 Å². The van der Waals surface area contributed by atoms with Gasteiger partial charge >= 0.3 is 0 Å². The van der Waals surface area contributed by atoms with E-state index in [4.69, 9.17) is 4.74 Å². The second-order valence-electron chi connectivity index (χ2n) is 4.28. The summed E-state index contributed by atoms with van der Waals surface area (Å²) < 4.78 is 18.9. The van der Waals surface area contributed by atoms with Crippen LogP contribution in [0, 0.1) is 6.92 Å². The van der Waals surface area contributed by atoms with Crippen molar-refractivity contribution in [1.82, 2.24) is 5.32 Å². The third-order valence-corrected chi connectivity index (χ3v) is 3.04. The van der Waals surface area contributed by atoms with Crippen molar-refractivity contribution in [3.05, 3.63) is 27.7 Å². The lowest BCUT2D eigenvalue weighted by Gasteiger charge is -2.15. The van der Waals surface area contributed by atoms with Gasteiger partial charge in [0, 0.05) is 23.0 Å². The smallest absolute Gasteiger partial charge is 0.126 e. The number of ether oxygens (including phenoxy) is 1. The average molecular weight is 318 g/mol. The Bertz CT molecular complexity index is 371. The van der Waals surface area contributed by atoms with Crippen molar-refractivity contribution in [2.45, 2.75) is 33.2 Å². The van der Waals surface area contributed by atoms with Gasteiger partial charge in [-0.15, -0.1) is 0 Å². The Morgan fingerprint density at radius 2 is 2.17 bits per heavy atom. The average Bonchev–Trinajstić information content (AvgIpc) is 2.32. The molecule has 1 aromatic rings. The molecule has 1 aromatic carbocycles. The Morgan fingerprint density at radius 1 is 1.39 bits per heavy atom. The molecule has 0 radical (unpaired) electrons. The number of rotatable bonds is 8. The molecule has 2 nitrogen and oxygen atoms in total. The first-order chi connectivity index (χ1) is 8.69. The molecule has 0 saturated carbocycles. The topological polar surface area (TPSA) is 21.3 Å². The van der Waals surface area contributed by atoms with Gasteiger partial charge < -0.3 is 10.1 Å². The summed E-state index contributed by atoms with van der Waals surface area (Å²) in [4.78, 5) is 0. The lowest BCUT2D eigenvalue weighted by molar-refractivity contribution is 0.285. The molecule has 0 saturated heterocycles. The Labute approximate surface area is 117 Å². The second kappa shape index (κ2) is 8.48. The zero-order valence-corrected chi connectivity index (χ0v) is 12.6. The molecular formula is C14H21BrFNO. The molecule has 102 valence electrons. The summed E-state index contributed by atoms with van der Waals surface area (Å²) in [5.41, 5.74) is 2.20. The van der Waals surface area contributed by atoms with Crippen LogP contribution in [0.2, 0.25) is 0 Å². The Balaban J connectivity index is 2.76. The predicted molar refractivity (Wildman–Crippen MR) is 77.0 cm³/mol. The maximum atomic E-state index is 12.1. The fourth-order valence-electron chi connectivity index (χ4n) is 1.77. The van der Waals surface area contributed by atoms with E-state index >= 15 is 0 Å². The number of nitrogens with one attached hydrogen (secondary N) is 1. The highest BCUT2D eigenvalue weighted by Gasteiger charge is 2.08. The maximum absolute atomic E-state index is 12.1. The Morgan fingerprint density at radius 3 is 2.83 bits per heavy atom. The van der Waals surface area contributed by atoms with Gasteiger partial charge in [-0.05, 0) is 37.6 Å². The largest absolute Gasteiger partial charge is 0.493 e. The van der Waals surface area contributed by atoms with Crippen molar-refractivity contribution < 1.29 is 9.13 Å². The van der Waals surface area contributed by atoms with Crippen molar-refractivity contribution >= 4 is 15.9 Å². The lowest BCUT2D eigenvalue weighted by atomic mass is 10.1. The monoisotopic (exact) mass is 317 g/mol. The minimum absolute atomic E-state index is 0.334. The summed E-state index contributed by atoms with van der Waals surface area (Å²) in [5.74, 6) is 0.884. The molecule has 0 unspecified atom stereocenters. The minimum atomic E-state index is -0.334. The van der Waals surface area contributed by atoms with E-state index in [1.165, 1.54) is 0 Å². The highest BCUT2D eigenvalue weighted by atomic mass is 79.9. The van der Waals surface area contributed by atoms with Crippen molar-refractivity contribution in [2.75, 3.05) is 19.8 Å². The predicted octanol–water partition coefficient (Wildman–Crippen LogP) is 4.00. The first-order valence-corrected chi connectivity index (χ1v) is 7.16. The van der Waals surface area contributed by atoms with Gasteiger partial charge in [-0.25, -0.2) is 0 Å². The molecular weight excluding hydrogens is 297 g/mol. The molecule has 0 heterocycles. The summed E-state index contributed by atoms with van der Waals surface area (Å²) in [6, 6.07) is 4.08. The van der Waals surface area contributed by atoms with E-state index in [2.05, 4.69) is 34.2 Å². The molecule has 0 bridgehead atoms. The van der Waals surface area contributed by atoms with E-state index in [1.807, 2.05) is 13.0 Å². The molecule has 1 N–H and O–H groups in total. The van der Waals surface area contributed by atoms with Crippen LogP contribution >= 0.6 is 15.9 Å². The highest BCUT2D eigenvalue weighted by molar-refractivity contribution is 9.10. The molecule has 0 aliphatic rings. The van der Waals surface area contributed by atoms with Crippen LogP contribution in [0.25, 0.3) is 0 Å². The van der Waals surface area contributed by atoms with Crippen molar-refractivity contribution in [3.8, 4) is 5.75 Å². The van der Waals surface area contributed by atoms with Gasteiger partial charge in [-0.3, -0.25) is 4.39 Å². The van der Waals surface area contributed by atoms with Gasteiger partial charge in [0.2, 0.25) is 0 Å². The minimum Gasteiger partial charge on any atom is -0.493 e. The number of aryl methyl sites for hydroxylation is 1. The maximum Gasteiger partial charge on any atom is 0.126 e. The first-order valence-electron chi connectivity index (χ1n) is 6.37. The summed E-state index contributed by atoms with van der Waals surface area (Å²) in [6.07, 6.45) is 1.54. The van der Waals surface area contributed by atoms with Crippen LogP contribution < -0.4 is 10.1 Å². The molecule has 0 atom stereocenters. The molecule has 0 fully saturated rings. The molecule has 0 spiro atoms. The van der Waals surface area contributed by atoms with E-state index in [-0.39, 0.29) is 6.67 Å². The molecule has 0 aliphatic heterocycles. The summed E-state index contributed by atoms with van der Waals surface area (Å²) in [7, 11) is 0. The molecule has 4 heteroatoms. The van der Waals surface area contributed by atoms with Gasteiger partial charge in [0.15, 0.2) is 0 Å². The summed E-state index contributed by atoms with van der Waals surface area (Å²) in [6.45, 7) is 6.00. The third-order valence-electron chi connectivity index (χ3n) is 2.58. The second-order valence-corrected chi connectivity index (χ2v) is 5.19. The Kier molecular flexibility index (Phi) is 7.28. The van der Waals surface area contributed by atoms with E-state index in [1.54, 1.807) is 0 Å². The molecule has 1 rings (SSSR count). The van der Waals surface area contributed by atoms with Crippen LogP contribution in [0.1, 0.15) is 30.9 Å². The van der Waals surface area contributed by atoms with E-state index in [0.29, 0.717) is 13.0 Å². The number of hydrogen-bond donors (Lipinski definition) is 1. The lowest BCUT2D eigenvalue weighted by Crippen LogP contribution is -2.15. The quantitative estimate of drug-likeness (QED) is 0.732. The summed E-state index contributed by atoms with van der Waals surface area (Å²) >= 11 is 3.49. The number of alkyl halides is 1. The van der Waals surface area contributed by atoms with Gasteiger partial charge in [-0.1, -0.05) is 22.9 Å². The zero-order chi connectivity index (χ0) is 13.4. The van der Waals surface area contributed by atoms with E-state index in [0.717, 1.165) is 40.9 Å². The van der Waals surface area contributed by atoms with E-state index < -0.39 is 0 Å². The van der Waals surface area contributed by atoms with Crippen LogP contribution in [-0.2, 0) is 6.54 Å². The summed E-state index contributed by atoms with van der Waals surface area (Å²) in [5, 5.41) is 3.36. The fraction of sp³-hybridized carbons (Fsp3) is 0.571.